The van der Waals surface area contributed by atoms with Gasteiger partial charge in [-0.2, -0.15) is 0 Å². The minimum absolute atomic E-state index is 0.587. The van der Waals surface area contributed by atoms with Crippen LogP contribution in [0.2, 0.25) is 0 Å². The quantitative estimate of drug-likeness (QED) is 0.271. The predicted molar refractivity (Wildman–Crippen MR) is 161 cm³/mol. The van der Waals surface area contributed by atoms with Gasteiger partial charge in [-0.25, -0.2) is 0 Å². The summed E-state index contributed by atoms with van der Waals surface area (Å²) in [6.45, 7) is 12.0. The Kier molecular flexibility index (Phi) is 9.71. The molecule has 5 rings (SSSR count). The average Bonchev–Trinajstić information content (AvgIpc) is 2.98. The van der Waals surface area contributed by atoms with Gasteiger partial charge in [-0.05, 0) is 111 Å². The first-order valence-corrected chi connectivity index (χ1v) is 15.3. The first-order chi connectivity index (χ1) is 18.7. The fraction of sp³-hybridized carbons (Fsp3) is 0.500. The summed E-state index contributed by atoms with van der Waals surface area (Å²) in [7, 11) is 0. The van der Waals surface area contributed by atoms with E-state index in [4.69, 9.17) is 0 Å². The van der Waals surface area contributed by atoms with Crippen LogP contribution in [-0.4, -0.2) is 36.0 Å². The molecule has 2 heterocycles. The highest BCUT2D eigenvalue weighted by Gasteiger charge is 2.29. The molecule has 0 saturated carbocycles. The highest BCUT2D eigenvalue weighted by molar-refractivity contribution is 5.27. The summed E-state index contributed by atoms with van der Waals surface area (Å²) in [5.41, 5.74) is 5.91. The molecule has 0 N–H and O–H groups in total. The number of benzene rings is 3. The Morgan fingerprint density at radius 3 is 1.58 bits per heavy atom. The lowest BCUT2D eigenvalue weighted by Crippen LogP contribution is -2.40. The van der Waals surface area contributed by atoms with E-state index < -0.39 is 0 Å². The first-order valence-electron chi connectivity index (χ1n) is 15.3. The third-order valence-electron chi connectivity index (χ3n) is 9.54. The normalized spacial score (nSPS) is 19.8. The smallest absolute Gasteiger partial charge is 0.0233 e. The van der Waals surface area contributed by atoms with Gasteiger partial charge in [0.05, 0.1) is 0 Å². The molecule has 2 nitrogen and oxygen atoms in total. The van der Waals surface area contributed by atoms with Gasteiger partial charge in [0.15, 0.2) is 0 Å². The maximum atomic E-state index is 2.70. The van der Waals surface area contributed by atoms with Gasteiger partial charge in [0, 0.05) is 13.1 Å². The molecule has 0 amide bonds. The molecule has 2 unspecified atom stereocenters. The van der Waals surface area contributed by atoms with Crippen LogP contribution in [0, 0.1) is 11.8 Å². The van der Waals surface area contributed by atoms with Crippen LogP contribution in [-0.2, 0) is 13.1 Å². The van der Waals surface area contributed by atoms with E-state index in [2.05, 4.69) is 109 Å². The van der Waals surface area contributed by atoms with E-state index in [1.807, 2.05) is 0 Å². The van der Waals surface area contributed by atoms with Crippen LogP contribution >= 0.6 is 0 Å². The van der Waals surface area contributed by atoms with Crippen LogP contribution in [0.5, 0.6) is 0 Å². The summed E-state index contributed by atoms with van der Waals surface area (Å²) in [6, 6.07) is 31.6. The fourth-order valence-corrected chi connectivity index (χ4v) is 7.04. The highest BCUT2D eigenvalue weighted by Crippen LogP contribution is 2.34. The average molecular weight is 509 g/mol. The minimum Gasteiger partial charge on any atom is -0.299 e. The number of likely N-dealkylation sites (tertiary alicyclic amines) is 2. The van der Waals surface area contributed by atoms with Crippen molar-refractivity contribution in [3.8, 4) is 0 Å². The van der Waals surface area contributed by atoms with Crippen LogP contribution in [0.25, 0.3) is 0 Å². The molecule has 0 aliphatic carbocycles. The van der Waals surface area contributed by atoms with Crippen molar-refractivity contribution in [2.45, 2.75) is 77.3 Å². The van der Waals surface area contributed by atoms with Gasteiger partial charge in [-0.1, -0.05) is 98.8 Å². The zero-order valence-electron chi connectivity index (χ0n) is 23.8. The summed E-state index contributed by atoms with van der Waals surface area (Å²) in [5.74, 6) is 3.10. The molecule has 2 fully saturated rings. The molecule has 0 radical (unpaired) electrons. The molecule has 0 bridgehead atoms. The van der Waals surface area contributed by atoms with Gasteiger partial charge in [-0.15, -0.1) is 0 Å². The standard InChI is InChI=1S/C36H48N2/c1-3-32(34-12-8-5-9-13-34)26-29(2)33-16-14-31(15-17-33)28-38-24-20-36(21-25-38)35-18-22-37(23-19-35)27-30-10-6-4-7-11-30/h4-17,29,32,35-36H,3,18-28H2,1-2H3. The van der Waals surface area contributed by atoms with Gasteiger partial charge < -0.3 is 0 Å². The number of piperidine rings is 2. The van der Waals surface area contributed by atoms with Crippen molar-refractivity contribution >= 4 is 0 Å². The van der Waals surface area contributed by atoms with Crippen molar-refractivity contribution < 1.29 is 0 Å². The lowest BCUT2D eigenvalue weighted by atomic mass is 9.78. The second-order valence-corrected chi connectivity index (χ2v) is 12.1. The van der Waals surface area contributed by atoms with Crippen molar-refractivity contribution in [2.24, 2.45) is 11.8 Å². The van der Waals surface area contributed by atoms with Crippen LogP contribution < -0.4 is 0 Å². The first kappa shape index (κ1) is 27.2. The Morgan fingerprint density at radius 1 is 0.605 bits per heavy atom. The van der Waals surface area contributed by atoms with Gasteiger partial charge in [0.1, 0.15) is 0 Å². The Balaban J connectivity index is 1.04. The number of hydrogen-bond acceptors (Lipinski definition) is 2. The van der Waals surface area contributed by atoms with Gasteiger partial charge >= 0.3 is 0 Å². The van der Waals surface area contributed by atoms with E-state index in [0.29, 0.717) is 11.8 Å². The maximum absolute atomic E-state index is 2.70. The molecule has 2 atom stereocenters. The molecular formula is C36H48N2. The molecule has 2 aliphatic heterocycles. The van der Waals surface area contributed by atoms with Crippen LogP contribution in [0.15, 0.2) is 84.9 Å². The van der Waals surface area contributed by atoms with E-state index in [-0.39, 0.29) is 0 Å². The number of nitrogens with zero attached hydrogens (tertiary/aromatic N) is 2. The largest absolute Gasteiger partial charge is 0.299 e. The van der Waals surface area contributed by atoms with E-state index in [1.54, 1.807) is 0 Å². The molecule has 202 valence electrons. The van der Waals surface area contributed by atoms with Gasteiger partial charge in [-0.3, -0.25) is 9.80 Å². The second kappa shape index (κ2) is 13.6. The Hall–Kier alpha value is -2.42. The van der Waals surface area contributed by atoms with Crippen LogP contribution in [0.1, 0.15) is 86.5 Å². The Bertz CT molecular complexity index is 1060. The van der Waals surface area contributed by atoms with Crippen molar-refractivity contribution in [3.63, 3.8) is 0 Å². The lowest BCUT2D eigenvalue weighted by Gasteiger charge is -2.40. The summed E-state index contributed by atoms with van der Waals surface area (Å²) >= 11 is 0. The molecule has 38 heavy (non-hydrogen) atoms. The SMILES string of the molecule is CCC(CC(C)c1ccc(CN2CCC(C3CCN(Cc4ccccc4)CC3)CC2)cc1)c1ccccc1. The van der Waals surface area contributed by atoms with Crippen molar-refractivity contribution in [2.75, 3.05) is 26.2 Å². The van der Waals surface area contributed by atoms with Gasteiger partial charge in [0.25, 0.3) is 0 Å². The Labute approximate surface area is 232 Å². The van der Waals surface area contributed by atoms with Gasteiger partial charge in [0.2, 0.25) is 0 Å². The molecule has 2 aliphatic rings. The lowest BCUT2D eigenvalue weighted by molar-refractivity contribution is 0.0910. The van der Waals surface area contributed by atoms with Crippen molar-refractivity contribution in [1.82, 2.24) is 9.80 Å². The minimum atomic E-state index is 0.587. The zero-order chi connectivity index (χ0) is 26.2. The molecule has 3 aromatic carbocycles. The highest BCUT2D eigenvalue weighted by atomic mass is 15.1. The molecule has 0 spiro atoms. The predicted octanol–water partition coefficient (Wildman–Crippen LogP) is 8.50. The molecular weight excluding hydrogens is 460 g/mol. The second-order valence-electron chi connectivity index (χ2n) is 12.1. The number of rotatable bonds is 10. The monoisotopic (exact) mass is 508 g/mol. The third-order valence-corrected chi connectivity index (χ3v) is 9.54. The van der Waals surface area contributed by atoms with E-state index in [1.165, 1.54) is 87.0 Å². The van der Waals surface area contributed by atoms with Crippen LogP contribution in [0.3, 0.4) is 0 Å². The van der Waals surface area contributed by atoms with E-state index >= 15 is 0 Å². The number of hydrogen-bond donors (Lipinski definition) is 0. The summed E-state index contributed by atoms with van der Waals surface area (Å²) in [6.07, 6.45) is 7.97. The maximum Gasteiger partial charge on any atom is 0.0233 e. The van der Waals surface area contributed by atoms with Crippen LogP contribution in [0.4, 0.5) is 0 Å². The summed E-state index contributed by atoms with van der Waals surface area (Å²) in [4.78, 5) is 5.36. The molecule has 2 heteroatoms. The third kappa shape index (κ3) is 7.36. The molecule has 0 aromatic heterocycles. The Morgan fingerprint density at radius 2 is 1.08 bits per heavy atom. The topological polar surface area (TPSA) is 6.48 Å². The summed E-state index contributed by atoms with van der Waals surface area (Å²) < 4.78 is 0. The fourth-order valence-electron chi connectivity index (χ4n) is 7.04. The van der Waals surface area contributed by atoms with Crippen molar-refractivity contribution in [3.05, 3.63) is 107 Å². The van der Waals surface area contributed by atoms with E-state index in [9.17, 15) is 0 Å². The van der Waals surface area contributed by atoms with E-state index in [0.717, 1.165) is 24.9 Å². The zero-order valence-corrected chi connectivity index (χ0v) is 23.8. The molecule has 2 saturated heterocycles. The summed E-state index contributed by atoms with van der Waals surface area (Å²) in [5, 5.41) is 0. The molecule has 3 aromatic rings. The van der Waals surface area contributed by atoms with Crippen molar-refractivity contribution in [1.29, 1.82) is 0 Å².